The van der Waals surface area contributed by atoms with E-state index in [4.69, 9.17) is 11.0 Å². The van der Waals surface area contributed by atoms with Crippen LogP contribution in [0.15, 0.2) is 24.3 Å². The van der Waals surface area contributed by atoms with Gasteiger partial charge in [0.05, 0.1) is 28.1 Å². The van der Waals surface area contributed by atoms with E-state index < -0.39 is 9.84 Å². The third-order valence-electron chi connectivity index (χ3n) is 2.17. The van der Waals surface area contributed by atoms with Crippen molar-refractivity contribution >= 4 is 27.0 Å². The van der Waals surface area contributed by atoms with Gasteiger partial charge in [0.15, 0.2) is 9.84 Å². The van der Waals surface area contributed by atoms with Crippen molar-refractivity contribution in [3.05, 3.63) is 35.4 Å². The molecule has 17 heavy (non-hydrogen) atoms. The summed E-state index contributed by atoms with van der Waals surface area (Å²) in [4.78, 5) is 0.183. The summed E-state index contributed by atoms with van der Waals surface area (Å²) < 4.78 is 23.5. The van der Waals surface area contributed by atoms with Gasteiger partial charge in [-0.25, -0.2) is 8.42 Å². The van der Waals surface area contributed by atoms with E-state index in [0.717, 1.165) is 0 Å². The van der Waals surface area contributed by atoms with Gasteiger partial charge in [0.1, 0.15) is 0 Å². The van der Waals surface area contributed by atoms with E-state index in [9.17, 15) is 8.42 Å². The molecule has 0 bridgehead atoms. The van der Waals surface area contributed by atoms with Gasteiger partial charge in [0.25, 0.3) is 0 Å². The number of benzene rings is 1. The molecule has 2 N–H and O–H groups in total. The number of nitriles is 1. The Hall–Kier alpha value is -1.45. The van der Waals surface area contributed by atoms with Gasteiger partial charge in [-0.05, 0) is 11.6 Å². The number of nitrogens with two attached hydrogens (primary N) is 1. The molecule has 6 heteroatoms. The molecule has 1 rings (SSSR count). The highest BCUT2D eigenvalue weighted by molar-refractivity contribution is 7.90. The topological polar surface area (TPSA) is 84.0 Å². The highest BCUT2D eigenvalue weighted by Gasteiger charge is 2.14. The molecule has 0 saturated heterocycles. The maximum atomic E-state index is 11.7. The molecule has 90 valence electrons. The number of thiocarbonyl (C=S) groups is 1. The second-order valence-electron chi connectivity index (χ2n) is 3.58. The largest absolute Gasteiger partial charge is 0.393 e. The van der Waals surface area contributed by atoms with Gasteiger partial charge in [-0.2, -0.15) is 5.26 Å². The van der Waals surface area contributed by atoms with E-state index in [0.29, 0.717) is 11.1 Å². The number of nitrogens with zero attached hydrogens (tertiary/aromatic N) is 1. The normalized spacial score (nSPS) is 10.8. The molecule has 0 aliphatic heterocycles. The van der Waals surface area contributed by atoms with Gasteiger partial charge >= 0.3 is 0 Å². The third kappa shape index (κ3) is 4.51. The molecule has 0 aliphatic rings. The molecule has 0 fully saturated rings. The van der Waals surface area contributed by atoms with Crippen LogP contribution in [0, 0.1) is 11.3 Å². The summed E-state index contributed by atoms with van der Waals surface area (Å²) in [7, 11) is -3.28. The van der Waals surface area contributed by atoms with Crippen LogP contribution >= 0.6 is 12.2 Å². The van der Waals surface area contributed by atoms with Crippen LogP contribution in [0.3, 0.4) is 0 Å². The monoisotopic (exact) mass is 268 g/mol. The van der Waals surface area contributed by atoms with Gasteiger partial charge in [0, 0.05) is 6.42 Å². The maximum Gasteiger partial charge on any atom is 0.154 e. The summed E-state index contributed by atoms with van der Waals surface area (Å²) in [6.07, 6.45) is 0.173. The molecule has 0 amide bonds. The molecular formula is C11H12N2O2S2. The first-order valence-corrected chi connectivity index (χ1v) is 7.14. The predicted octanol–water partition coefficient (Wildman–Crippen LogP) is 1.15. The Morgan fingerprint density at radius 1 is 1.41 bits per heavy atom. The lowest BCUT2D eigenvalue weighted by molar-refractivity contribution is 0.595. The molecule has 0 heterocycles. The van der Waals surface area contributed by atoms with Crippen LogP contribution in [-0.4, -0.2) is 19.2 Å². The summed E-state index contributed by atoms with van der Waals surface area (Å²) in [5, 5.41) is 8.85. The molecule has 0 aliphatic carbocycles. The predicted molar refractivity (Wildman–Crippen MR) is 70.1 cm³/mol. The zero-order chi connectivity index (χ0) is 12.9. The van der Waals surface area contributed by atoms with E-state index in [1.165, 1.54) is 0 Å². The van der Waals surface area contributed by atoms with E-state index in [2.05, 4.69) is 12.2 Å². The lowest BCUT2D eigenvalue weighted by Gasteiger charge is -2.05. The van der Waals surface area contributed by atoms with Crippen molar-refractivity contribution < 1.29 is 8.42 Å². The fraction of sp³-hybridized carbons (Fsp3) is 0.273. The van der Waals surface area contributed by atoms with Crippen molar-refractivity contribution in [2.75, 3.05) is 5.75 Å². The SMILES string of the molecule is N#Cc1ccccc1CS(=O)(=O)CCC(N)=S. The van der Waals surface area contributed by atoms with Crippen molar-refractivity contribution in [3.63, 3.8) is 0 Å². The zero-order valence-electron chi connectivity index (χ0n) is 9.09. The summed E-state index contributed by atoms with van der Waals surface area (Å²) in [6.45, 7) is 0. The van der Waals surface area contributed by atoms with Crippen molar-refractivity contribution in [2.45, 2.75) is 12.2 Å². The van der Waals surface area contributed by atoms with Crippen LogP contribution in [0.4, 0.5) is 0 Å². The average Bonchev–Trinajstić information content (AvgIpc) is 2.27. The molecule has 0 atom stereocenters. The number of sulfone groups is 1. The summed E-state index contributed by atoms with van der Waals surface area (Å²) in [5.74, 6) is -0.235. The van der Waals surface area contributed by atoms with Crippen molar-refractivity contribution in [3.8, 4) is 6.07 Å². The quantitative estimate of drug-likeness (QED) is 0.810. The highest BCUT2D eigenvalue weighted by atomic mass is 32.2. The Morgan fingerprint density at radius 2 is 2.06 bits per heavy atom. The number of rotatable bonds is 5. The summed E-state index contributed by atoms with van der Waals surface area (Å²) in [6, 6.07) is 8.61. The van der Waals surface area contributed by atoms with E-state index in [1.807, 2.05) is 6.07 Å². The lowest BCUT2D eigenvalue weighted by atomic mass is 10.1. The fourth-order valence-electron chi connectivity index (χ4n) is 1.32. The fourth-order valence-corrected chi connectivity index (χ4v) is 2.95. The van der Waals surface area contributed by atoms with Gasteiger partial charge in [-0.15, -0.1) is 0 Å². The van der Waals surface area contributed by atoms with Gasteiger partial charge in [0.2, 0.25) is 0 Å². The van der Waals surface area contributed by atoms with E-state index in [1.54, 1.807) is 24.3 Å². The average molecular weight is 268 g/mol. The van der Waals surface area contributed by atoms with Crippen LogP contribution in [0.1, 0.15) is 17.5 Å². The summed E-state index contributed by atoms with van der Waals surface area (Å²) in [5.41, 5.74) is 6.16. The molecule has 0 unspecified atom stereocenters. The molecule has 4 nitrogen and oxygen atoms in total. The molecule has 0 saturated carbocycles. The Kier molecular flexibility index (Phi) is 4.61. The minimum absolute atomic E-state index is 0.0813. The van der Waals surface area contributed by atoms with Crippen molar-refractivity contribution in [1.29, 1.82) is 5.26 Å². The van der Waals surface area contributed by atoms with Crippen molar-refractivity contribution in [2.24, 2.45) is 5.73 Å². The zero-order valence-corrected chi connectivity index (χ0v) is 10.7. The first-order chi connectivity index (χ1) is 7.94. The third-order valence-corrected chi connectivity index (χ3v) is 3.95. The van der Waals surface area contributed by atoms with Gasteiger partial charge in [-0.3, -0.25) is 0 Å². The first kappa shape index (κ1) is 13.6. The number of hydrogen-bond acceptors (Lipinski definition) is 4. The molecular weight excluding hydrogens is 256 g/mol. The highest BCUT2D eigenvalue weighted by Crippen LogP contribution is 2.12. The van der Waals surface area contributed by atoms with Crippen LogP contribution in [-0.2, 0) is 15.6 Å². The smallest absolute Gasteiger partial charge is 0.154 e. The molecule has 0 radical (unpaired) electrons. The van der Waals surface area contributed by atoms with Crippen molar-refractivity contribution in [1.82, 2.24) is 0 Å². The minimum atomic E-state index is -3.28. The van der Waals surface area contributed by atoms with Crippen LogP contribution in [0.2, 0.25) is 0 Å². The molecule has 1 aromatic rings. The second-order valence-corrected chi connectivity index (χ2v) is 6.29. The molecule has 1 aromatic carbocycles. The van der Waals surface area contributed by atoms with E-state index in [-0.39, 0.29) is 22.9 Å². The van der Waals surface area contributed by atoms with Gasteiger partial charge in [-0.1, -0.05) is 30.4 Å². The Balaban J connectivity index is 2.84. The first-order valence-electron chi connectivity index (χ1n) is 4.91. The Bertz CT molecular complexity index is 559. The lowest BCUT2D eigenvalue weighted by Crippen LogP contribution is -2.17. The summed E-state index contributed by atoms with van der Waals surface area (Å²) >= 11 is 4.64. The molecule has 0 spiro atoms. The van der Waals surface area contributed by atoms with E-state index >= 15 is 0 Å². The molecule has 0 aromatic heterocycles. The Morgan fingerprint density at radius 3 is 2.65 bits per heavy atom. The van der Waals surface area contributed by atoms with Gasteiger partial charge < -0.3 is 5.73 Å². The Labute approximate surface area is 106 Å². The van der Waals surface area contributed by atoms with Crippen LogP contribution < -0.4 is 5.73 Å². The maximum absolute atomic E-state index is 11.7. The van der Waals surface area contributed by atoms with Crippen LogP contribution in [0.25, 0.3) is 0 Å². The second kappa shape index (κ2) is 5.75. The van der Waals surface area contributed by atoms with Crippen LogP contribution in [0.5, 0.6) is 0 Å². The minimum Gasteiger partial charge on any atom is -0.393 e. The standard InChI is InChI=1S/C11H12N2O2S2/c12-7-9-3-1-2-4-10(9)8-17(14,15)6-5-11(13)16/h1-4H,5-6,8H2,(H2,13,16). The number of hydrogen-bond donors (Lipinski definition) is 1.